The van der Waals surface area contributed by atoms with Crippen molar-refractivity contribution in [1.29, 1.82) is 0 Å². The van der Waals surface area contributed by atoms with Gasteiger partial charge in [0.15, 0.2) is 0 Å². The molecule has 0 atom stereocenters. The summed E-state index contributed by atoms with van der Waals surface area (Å²) >= 11 is 0. The molecule has 2 aromatic rings. The van der Waals surface area contributed by atoms with Crippen molar-refractivity contribution in [3.63, 3.8) is 0 Å². The Kier molecular flexibility index (Phi) is 17.3. The molecule has 4 nitrogen and oxygen atoms in total. The van der Waals surface area contributed by atoms with Gasteiger partial charge in [0.25, 0.3) is 0 Å². The quantitative estimate of drug-likeness (QED) is 0.156. The summed E-state index contributed by atoms with van der Waals surface area (Å²) in [5.74, 6) is 0. The fourth-order valence-electron chi connectivity index (χ4n) is 5.20. The van der Waals surface area contributed by atoms with Crippen LogP contribution < -0.4 is 0 Å². The van der Waals surface area contributed by atoms with Gasteiger partial charge in [-0.25, -0.2) is 0 Å². The molecule has 0 radical (unpaired) electrons. The standard InChI is InChI=1S/C32H56N4/c1-4-6-8-10-12-14-16-18-22-26-36(27-23-19-17-15-13-11-9-7-5-2)28-31-32(34-35-33-31)30-25-21-20-24-29(30)3/h20-21,24-25H,4-19,22-23,26-28H2,1-3H3,(H,33,34,35). The van der Waals surface area contributed by atoms with E-state index in [9.17, 15) is 0 Å². The van der Waals surface area contributed by atoms with E-state index in [4.69, 9.17) is 0 Å². The zero-order valence-electron chi connectivity index (χ0n) is 24.0. The largest absolute Gasteiger partial charge is 0.297 e. The van der Waals surface area contributed by atoms with Gasteiger partial charge >= 0.3 is 0 Å². The van der Waals surface area contributed by atoms with Crippen molar-refractivity contribution < 1.29 is 0 Å². The molecule has 0 amide bonds. The Balaban J connectivity index is 1.78. The molecule has 0 saturated heterocycles. The third-order valence-corrected chi connectivity index (χ3v) is 7.56. The number of aromatic nitrogens is 3. The van der Waals surface area contributed by atoms with Crippen LogP contribution in [0.1, 0.15) is 141 Å². The molecule has 0 spiro atoms. The van der Waals surface area contributed by atoms with Crippen LogP contribution in [0.2, 0.25) is 0 Å². The van der Waals surface area contributed by atoms with Gasteiger partial charge in [0.05, 0.1) is 5.69 Å². The van der Waals surface area contributed by atoms with E-state index in [2.05, 4.69) is 65.3 Å². The molecule has 36 heavy (non-hydrogen) atoms. The number of aryl methyl sites for hydroxylation is 1. The zero-order valence-corrected chi connectivity index (χ0v) is 24.0. The van der Waals surface area contributed by atoms with Gasteiger partial charge in [-0.05, 0) is 38.4 Å². The number of hydrogen-bond acceptors (Lipinski definition) is 3. The number of unbranched alkanes of at least 4 members (excludes halogenated alkanes) is 16. The molecule has 0 bridgehead atoms. The fourth-order valence-corrected chi connectivity index (χ4v) is 5.20. The number of nitrogens with zero attached hydrogens (tertiary/aromatic N) is 3. The Bertz CT molecular complexity index is 747. The monoisotopic (exact) mass is 496 g/mol. The lowest BCUT2D eigenvalue weighted by Gasteiger charge is -2.22. The molecule has 0 aliphatic carbocycles. The van der Waals surface area contributed by atoms with Crippen LogP contribution in [0.15, 0.2) is 24.3 Å². The van der Waals surface area contributed by atoms with E-state index in [1.807, 2.05) is 0 Å². The summed E-state index contributed by atoms with van der Waals surface area (Å²) in [4.78, 5) is 2.65. The minimum absolute atomic E-state index is 0.921. The Morgan fingerprint density at radius 1 is 0.639 bits per heavy atom. The molecule has 4 heteroatoms. The van der Waals surface area contributed by atoms with Crippen LogP contribution in [0.5, 0.6) is 0 Å². The Morgan fingerprint density at radius 2 is 1.11 bits per heavy atom. The third kappa shape index (κ3) is 13.0. The maximum absolute atomic E-state index is 4.47. The average Bonchev–Trinajstić information content (AvgIpc) is 3.34. The highest BCUT2D eigenvalue weighted by Gasteiger charge is 2.15. The van der Waals surface area contributed by atoms with Gasteiger partial charge < -0.3 is 0 Å². The second-order valence-corrected chi connectivity index (χ2v) is 10.9. The van der Waals surface area contributed by atoms with E-state index >= 15 is 0 Å². The molecule has 2 rings (SSSR count). The van der Waals surface area contributed by atoms with Crippen LogP contribution >= 0.6 is 0 Å². The Morgan fingerprint density at radius 3 is 1.61 bits per heavy atom. The van der Waals surface area contributed by atoms with Gasteiger partial charge in [-0.2, -0.15) is 0 Å². The van der Waals surface area contributed by atoms with E-state index < -0.39 is 0 Å². The Hall–Kier alpha value is -1.68. The zero-order chi connectivity index (χ0) is 25.7. The molecule has 0 aliphatic rings. The predicted octanol–water partition coefficient (Wildman–Crippen LogP) is 9.64. The highest BCUT2D eigenvalue weighted by atomic mass is 15.3. The van der Waals surface area contributed by atoms with Gasteiger partial charge in [0.1, 0.15) is 5.69 Å². The molecule has 1 N–H and O–H groups in total. The lowest BCUT2D eigenvalue weighted by Crippen LogP contribution is -2.26. The number of hydrogen-bond donors (Lipinski definition) is 1. The molecule has 0 aliphatic heterocycles. The lowest BCUT2D eigenvalue weighted by molar-refractivity contribution is 0.249. The summed E-state index contributed by atoms with van der Waals surface area (Å²) < 4.78 is 0. The van der Waals surface area contributed by atoms with Crippen molar-refractivity contribution in [2.24, 2.45) is 0 Å². The minimum Gasteiger partial charge on any atom is -0.297 e. The maximum Gasteiger partial charge on any atom is 0.117 e. The molecular formula is C32H56N4. The minimum atomic E-state index is 0.921. The molecule has 204 valence electrons. The molecular weight excluding hydrogens is 440 g/mol. The van der Waals surface area contributed by atoms with E-state index in [1.54, 1.807) is 0 Å². The summed E-state index contributed by atoms with van der Waals surface area (Å²) in [5, 5.41) is 11.9. The van der Waals surface area contributed by atoms with Crippen molar-refractivity contribution in [1.82, 2.24) is 20.3 Å². The third-order valence-electron chi connectivity index (χ3n) is 7.56. The highest BCUT2D eigenvalue weighted by molar-refractivity contribution is 5.64. The number of aromatic amines is 1. The van der Waals surface area contributed by atoms with Crippen LogP contribution in [0, 0.1) is 6.92 Å². The second-order valence-electron chi connectivity index (χ2n) is 10.9. The van der Waals surface area contributed by atoms with E-state index in [0.717, 1.165) is 17.9 Å². The van der Waals surface area contributed by atoms with Crippen LogP contribution in [0.25, 0.3) is 11.3 Å². The maximum atomic E-state index is 4.47. The summed E-state index contributed by atoms with van der Waals surface area (Å²) in [6.45, 7) is 10.0. The van der Waals surface area contributed by atoms with Crippen LogP contribution in [0.3, 0.4) is 0 Å². The van der Waals surface area contributed by atoms with Gasteiger partial charge in [-0.3, -0.25) is 10.00 Å². The van der Waals surface area contributed by atoms with E-state index in [0.29, 0.717) is 0 Å². The topological polar surface area (TPSA) is 44.8 Å². The summed E-state index contributed by atoms with van der Waals surface area (Å²) in [6.07, 6.45) is 24.9. The first-order valence-electron chi connectivity index (χ1n) is 15.4. The van der Waals surface area contributed by atoms with Gasteiger partial charge in [0, 0.05) is 12.1 Å². The number of rotatable bonds is 23. The van der Waals surface area contributed by atoms with Gasteiger partial charge in [0.2, 0.25) is 0 Å². The molecule has 1 heterocycles. The first-order valence-corrected chi connectivity index (χ1v) is 15.4. The van der Waals surface area contributed by atoms with Crippen LogP contribution in [-0.4, -0.2) is 33.4 Å². The molecule has 0 unspecified atom stereocenters. The number of benzene rings is 1. The van der Waals surface area contributed by atoms with Gasteiger partial charge in [-0.15, -0.1) is 5.10 Å². The average molecular weight is 497 g/mol. The SMILES string of the molecule is CCCCCCCCCCCN(CCCCCCCCCCC)Cc1[nH]nnc1-c1ccccc1C. The molecule has 0 saturated carbocycles. The first kappa shape index (κ1) is 30.5. The van der Waals surface area contributed by atoms with E-state index in [-0.39, 0.29) is 0 Å². The fraction of sp³-hybridized carbons (Fsp3) is 0.750. The number of H-pyrrole nitrogens is 1. The van der Waals surface area contributed by atoms with Crippen molar-refractivity contribution in [3.05, 3.63) is 35.5 Å². The predicted molar refractivity (Wildman–Crippen MR) is 156 cm³/mol. The van der Waals surface area contributed by atoms with Crippen molar-refractivity contribution >= 4 is 0 Å². The smallest absolute Gasteiger partial charge is 0.117 e. The summed E-state index contributed by atoms with van der Waals surface area (Å²) in [5.41, 5.74) is 4.65. The van der Waals surface area contributed by atoms with Crippen molar-refractivity contribution in [3.8, 4) is 11.3 Å². The second kappa shape index (κ2) is 20.4. The molecule has 0 fully saturated rings. The van der Waals surface area contributed by atoms with Gasteiger partial charge in [-0.1, -0.05) is 146 Å². The first-order chi connectivity index (χ1) is 17.8. The highest BCUT2D eigenvalue weighted by Crippen LogP contribution is 2.24. The van der Waals surface area contributed by atoms with Crippen LogP contribution in [-0.2, 0) is 6.54 Å². The van der Waals surface area contributed by atoms with E-state index in [1.165, 1.54) is 140 Å². The van der Waals surface area contributed by atoms with Crippen molar-refractivity contribution in [2.75, 3.05) is 13.1 Å². The normalized spacial score (nSPS) is 11.6. The molecule has 1 aromatic carbocycles. The van der Waals surface area contributed by atoms with Crippen LogP contribution in [0.4, 0.5) is 0 Å². The van der Waals surface area contributed by atoms with Crippen molar-refractivity contribution in [2.45, 2.75) is 143 Å². The summed E-state index contributed by atoms with van der Waals surface area (Å²) in [6, 6.07) is 8.53. The Labute approximate surface area is 223 Å². The molecule has 1 aromatic heterocycles. The summed E-state index contributed by atoms with van der Waals surface area (Å²) in [7, 11) is 0. The number of nitrogens with one attached hydrogen (secondary N) is 1. The lowest BCUT2D eigenvalue weighted by atomic mass is 10.0.